The van der Waals surface area contributed by atoms with Crippen molar-refractivity contribution < 1.29 is 4.79 Å². The fourth-order valence-electron chi connectivity index (χ4n) is 0.796. The Morgan fingerprint density at radius 2 is 2.33 bits per heavy atom. The van der Waals surface area contributed by atoms with Crippen LogP contribution >= 0.6 is 0 Å². The Balaban J connectivity index is 3.11. The van der Waals surface area contributed by atoms with Crippen LogP contribution in [0.1, 0.15) is 5.56 Å². The number of nitrogens with one attached hydrogen (secondary N) is 1. The van der Waals surface area contributed by atoms with E-state index >= 15 is 0 Å². The Hall–Kier alpha value is -1.93. The summed E-state index contributed by atoms with van der Waals surface area (Å²) >= 11 is 0. The van der Waals surface area contributed by atoms with E-state index in [1.54, 1.807) is 24.3 Å². The lowest BCUT2D eigenvalue weighted by Gasteiger charge is -1.96. The van der Waals surface area contributed by atoms with Crippen molar-refractivity contribution >= 4 is 17.6 Å². The van der Waals surface area contributed by atoms with Crippen molar-refractivity contribution in [1.82, 2.24) is 0 Å². The van der Waals surface area contributed by atoms with Crippen molar-refractivity contribution in [1.29, 1.82) is 5.41 Å². The van der Waals surface area contributed by atoms with Crippen LogP contribution in [0.25, 0.3) is 0 Å². The quantitative estimate of drug-likeness (QED) is 0.384. The average molecular weight is 161 g/mol. The van der Waals surface area contributed by atoms with Crippen LogP contribution in [0.3, 0.4) is 0 Å². The molecule has 4 heteroatoms. The molecular weight excluding hydrogens is 154 g/mol. The lowest BCUT2D eigenvalue weighted by Crippen LogP contribution is -2.10. The number of nitrogen functional groups attached to an aromatic ring is 1. The maximum atomic E-state index is 9.88. The molecule has 0 fully saturated rings. The summed E-state index contributed by atoms with van der Waals surface area (Å²) in [6.07, 6.45) is 1.41. The Kier molecular flexibility index (Phi) is 2.35. The minimum absolute atomic E-state index is 0.0436. The van der Waals surface area contributed by atoms with Gasteiger partial charge in [0, 0.05) is 5.56 Å². The standard InChI is InChI=1S/C8H7N3O/c9-8(10)6-2-1-3-7(4-6)11-5-12/h1-4H,(H3,9,10). The van der Waals surface area contributed by atoms with E-state index in [0.717, 1.165) is 0 Å². The SMILES string of the molecule is N=C(N)c1cccc(N=C=O)c1. The molecule has 0 saturated heterocycles. The molecule has 1 aromatic carbocycles. The van der Waals surface area contributed by atoms with Gasteiger partial charge < -0.3 is 5.73 Å². The first-order valence-corrected chi connectivity index (χ1v) is 3.26. The van der Waals surface area contributed by atoms with E-state index in [9.17, 15) is 4.79 Å². The van der Waals surface area contributed by atoms with E-state index in [1.165, 1.54) is 6.08 Å². The summed E-state index contributed by atoms with van der Waals surface area (Å²) in [6, 6.07) is 6.53. The summed E-state index contributed by atoms with van der Waals surface area (Å²) in [6.45, 7) is 0. The third-order valence-corrected chi connectivity index (χ3v) is 1.33. The number of benzene rings is 1. The molecule has 0 amide bonds. The van der Waals surface area contributed by atoms with Crippen LogP contribution in [0.2, 0.25) is 0 Å². The van der Waals surface area contributed by atoms with Gasteiger partial charge in [-0.25, -0.2) is 4.79 Å². The van der Waals surface area contributed by atoms with Gasteiger partial charge in [0.05, 0.1) is 5.69 Å². The smallest absolute Gasteiger partial charge is 0.240 e. The van der Waals surface area contributed by atoms with Crippen molar-refractivity contribution in [3.63, 3.8) is 0 Å². The van der Waals surface area contributed by atoms with E-state index in [2.05, 4.69) is 4.99 Å². The van der Waals surface area contributed by atoms with Gasteiger partial charge in [-0.05, 0) is 12.1 Å². The number of aliphatic imine (C=N–C) groups is 1. The van der Waals surface area contributed by atoms with Gasteiger partial charge >= 0.3 is 0 Å². The zero-order valence-electron chi connectivity index (χ0n) is 6.24. The van der Waals surface area contributed by atoms with Gasteiger partial charge in [-0.1, -0.05) is 12.1 Å². The summed E-state index contributed by atoms with van der Waals surface area (Å²) in [5.41, 5.74) is 6.23. The van der Waals surface area contributed by atoms with Crippen molar-refractivity contribution in [2.45, 2.75) is 0 Å². The third kappa shape index (κ3) is 1.78. The number of isocyanates is 1. The highest BCUT2D eigenvalue weighted by molar-refractivity contribution is 5.95. The van der Waals surface area contributed by atoms with E-state index in [4.69, 9.17) is 11.1 Å². The Labute approximate surface area is 69.2 Å². The molecule has 0 saturated carbocycles. The van der Waals surface area contributed by atoms with Gasteiger partial charge in [-0.3, -0.25) is 5.41 Å². The van der Waals surface area contributed by atoms with Gasteiger partial charge in [0.2, 0.25) is 6.08 Å². The maximum Gasteiger partial charge on any atom is 0.240 e. The molecule has 1 rings (SSSR count). The summed E-state index contributed by atoms with van der Waals surface area (Å²) in [5.74, 6) is -0.0436. The predicted molar refractivity (Wildman–Crippen MR) is 45.2 cm³/mol. The van der Waals surface area contributed by atoms with Gasteiger partial charge in [0.1, 0.15) is 5.84 Å². The maximum absolute atomic E-state index is 9.88. The molecule has 12 heavy (non-hydrogen) atoms. The largest absolute Gasteiger partial charge is 0.384 e. The molecular formula is C8H7N3O. The molecule has 60 valence electrons. The first kappa shape index (κ1) is 8.17. The second-order valence-corrected chi connectivity index (χ2v) is 2.17. The van der Waals surface area contributed by atoms with E-state index in [1.807, 2.05) is 0 Å². The van der Waals surface area contributed by atoms with Gasteiger partial charge in [0.25, 0.3) is 0 Å². The summed E-state index contributed by atoms with van der Waals surface area (Å²) in [4.78, 5) is 13.3. The Morgan fingerprint density at radius 3 is 2.92 bits per heavy atom. The van der Waals surface area contributed by atoms with Crippen LogP contribution in [-0.4, -0.2) is 11.9 Å². The summed E-state index contributed by atoms with van der Waals surface area (Å²) in [5, 5.41) is 7.10. The molecule has 0 aliphatic carbocycles. The highest BCUT2D eigenvalue weighted by Crippen LogP contribution is 2.12. The fourth-order valence-corrected chi connectivity index (χ4v) is 0.796. The summed E-state index contributed by atoms with van der Waals surface area (Å²) < 4.78 is 0. The van der Waals surface area contributed by atoms with Crippen LogP contribution in [0.15, 0.2) is 29.3 Å². The lowest BCUT2D eigenvalue weighted by molar-refractivity contribution is 0.565. The minimum Gasteiger partial charge on any atom is -0.384 e. The van der Waals surface area contributed by atoms with Gasteiger partial charge in [-0.2, -0.15) is 4.99 Å². The molecule has 3 N–H and O–H groups in total. The number of nitrogens with zero attached hydrogens (tertiary/aromatic N) is 1. The normalized spacial score (nSPS) is 8.67. The molecule has 0 bridgehead atoms. The number of hydrogen-bond donors (Lipinski definition) is 2. The molecule has 0 aromatic heterocycles. The van der Waals surface area contributed by atoms with Crippen LogP contribution in [-0.2, 0) is 4.79 Å². The van der Waals surface area contributed by atoms with Gasteiger partial charge in [0.15, 0.2) is 0 Å². The van der Waals surface area contributed by atoms with Crippen LogP contribution in [0.4, 0.5) is 5.69 Å². The molecule has 0 unspecified atom stereocenters. The number of hydrogen-bond acceptors (Lipinski definition) is 3. The van der Waals surface area contributed by atoms with Crippen molar-refractivity contribution in [3.8, 4) is 0 Å². The number of carbonyl (C=O) groups excluding carboxylic acids is 1. The first-order chi connectivity index (χ1) is 5.74. The van der Waals surface area contributed by atoms with Crippen molar-refractivity contribution in [3.05, 3.63) is 29.8 Å². The van der Waals surface area contributed by atoms with Crippen molar-refractivity contribution in [2.24, 2.45) is 10.7 Å². The highest BCUT2D eigenvalue weighted by atomic mass is 16.1. The van der Waals surface area contributed by atoms with E-state index in [0.29, 0.717) is 11.3 Å². The molecule has 1 aromatic rings. The molecule has 0 heterocycles. The fraction of sp³-hybridized carbons (Fsp3) is 0. The molecule has 0 atom stereocenters. The minimum atomic E-state index is -0.0436. The molecule has 0 aliphatic heterocycles. The predicted octanol–water partition coefficient (Wildman–Crippen LogP) is 0.938. The number of rotatable bonds is 2. The zero-order valence-corrected chi connectivity index (χ0v) is 6.24. The number of amidine groups is 1. The Morgan fingerprint density at radius 1 is 1.58 bits per heavy atom. The average Bonchev–Trinajstić information content (AvgIpc) is 2.05. The van der Waals surface area contributed by atoms with Crippen molar-refractivity contribution in [2.75, 3.05) is 0 Å². The van der Waals surface area contributed by atoms with Crippen LogP contribution in [0, 0.1) is 5.41 Å². The topological polar surface area (TPSA) is 79.3 Å². The lowest BCUT2D eigenvalue weighted by atomic mass is 10.2. The molecule has 0 radical (unpaired) electrons. The molecule has 0 aliphatic rings. The zero-order chi connectivity index (χ0) is 8.97. The second-order valence-electron chi connectivity index (χ2n) is 2.17. The molecule has 0 spiro atoms. The highest BCUT2D eigenvalue weighted by Gasteiger charge is 1.95. The van der Waals surface area contributed by atoms with Gasteiger partial charge in [-0.15, -0.1) is 0 Å². The van der Waals surface area contributed by atoms with E-state index in [-0.39, 0.29) is 5.84 Å². The van der Waals surface area contributed by atoms with Crippen LogP contribution < -0.4 is 5.73 Å². The number of nitrogens with two attached hydrogens (primary N) is 1. The summed E-state index contributed by atoms with van der Waals surface area (Å²) in [7, 11) is 0. The second kappa shape index (κ2) is 3.46. The van der Waals surface area contributed by atoms with E-state index < -0.39 is 0 Å². The Bertz CT molecular complexity index is 336. The monoisotopic (exact) mass is 161 g/mol. The third-order valence-electron chi connectivity index (χ3n) is 1.33. The first-order valence-electron chi connectivity index (χ1n) is 3.26. The molecule has 4 nitrogen and oxygen atoms in total. The van der Waals surface area contributed by atoms with Crippen LogP contribution in [0.5, 0.6) is 0 Å².